The zero-order chi connectivity index (χ0) is 46.5. The summed E-state index contributed by atoms with van der Waals surface area (Å²) in [5.74, 6) is -0.876. The van der Waals surface area contributed by atoms with E-state index >= 15 is 0 Å². The first-order chi connectivity index (χ1) is 31.5. The van der Waals surface area contributed by atoms with Crippen molar-refractivity contribution in [1.29, 1.82) is 0 Å². The van der Waals surface area contributed by atoms with E-state index in [1.807, 2.05) is 0 Å². The molecule has 376 valence electrons. The molecule has 64 heavy (non-hydrogen) atoms. The lowest BCUT2D eigenvalue weighted by Gasteiger charge is -2.18. The summed E-state index contributed by atoms with van der Waals surface area (Å²) in [5, 5.41) is 0. The Morgan fingerprint density at radius 1 is 0.312 bits per heavy atom. The Balaban J connectivity index is 4.13. The molecule has 0 saturated heterocycles. The molecular formula is C58H108O6. The number of rotatable bonds is 52. The van der Waals surface area contributed by atoms with Crippen LogP contribution in [0, 0.1) is 0 Å². The van der Waals surface area contributed by atoms with Crippen molar-refractivity contribution in [1.82, 2.24) is 0 Å². The highest BCUT2D eigenvalue weighted by Crippen LogP contribution is 2.17. The third-order valence-corrected chi connectivity index (χ3v) is 12.7. The van der Waals surface area contributed by atoms with E-state index in [1.54, 1.807) is 0 Å². The van der Waals surface area contributed by atoms with E-state index in [2.05, 4.69) is 45.1 Å². The molecule has 0 rings (SSSR count). The third kappa shape index (κ3) is 50.9. The number of hydrogen-bond donors (Lipinski definition) is 0. The standard InChI is InChI=1S/C58H108O6/c1-4-7-10-13-16-18-20-22-24-26-27-28-29-30-31-32-34-35-37-39-42-45-48-51-57(60)63-54-55(53-62-56(59)50-47-44-41-15-12-9-6-3)64-58(61)52-49-46-43-40-38-36-33-25-23-21-19-17-14-11-8-5-2/h19,21,25,33,55H,4-18,20,22-24,26-32,34-54H2,1-3H3/b21-19-,33-25-. The minimum absolute atomic E-state index is 0.0725. The number of carbonyl (C=O) groups is 3. The second-order valence-electron chi connectivity index (χ2n) is 19.2. The molecule has 0 N–H and O–H groups in total. The first-order valence-corrected chi connectivity index (χ1v) is 28.3. The first-order valence-electron chi connectivity index (χ1n) is 28.3. The highest BCUT2D eigenvalue weighted by molar-refractivity contribution is 5.71. The summed E-state index contributed by atoms with van der Waals surface area (Å²) in [6, 6.07) is 0. The highest BCUT2D eigenvalue weighted by atomic mass is 16.6. The van der Waals surface area contributed by atoms with Gasteiger partial charge in [0.2, 0.25) is 0 Å². The second kappa shape index (κ2) is 53.5. The largest absolute Gasteiger partial charge is 0.462 e. The summed E-state index contributed by atoms with van der Waals surface area (Å²) in [7, 11) is 0. The zero-order valence-electron chi connectivity index (χ0n) is 43.1. The van der Waals surface area contributed by atoms with E-state index in [4.69, 9.17) is 14.2 Å². The molecule has 6 nitrogen and oxygen atoms in total. The van der Waals surface area contributed by atoms with Crippen LogP contribution in [-0.4, -0.2) is 37.2 Å². The van der Waals surface area contributed by atoms with E-state index in [0.717, 1.165) is 77.0 Å². The Morgan fingerprint density at radius 2 is 0.562 bits per heavy atom. The van der Waals surface area contributed by atoms with Crippen molar-refractivity contribution in [3.8, 4) is 0 Å². The summed E-state index contributed by atoms with van der Waals surface area (Å²) >= 11 is 0. The van der Waals surface area contributed by atoms with Crippen molar-refractivity contribution < 1.29 is 28.6 Å². The van der Waals surface area contributed by atoms with Crippen LogP contribution >= 0.6 is 0 Å². The van der Waals surface area contributed by atoms with Gasteiger partial charge in [-0.05, 0) is 51.4 Å². The molecule has 1 atom stereocenters. The van der Waals surface area contributed by atoms with E-state index in [9.17, 15) is 14.4 Å². The molecule has 0 aliphatic heterocycles. The lowest BCUT2D eigenvalue weighted by molar-refractivity contribution is -0.167. The number of ether oxygens (including phenoxy) is 3. The van der Waals surface area contributed by atoms with E-state index in [-0.39, 0.29) is 31.1 Å². The summed E-state index contributed by atoms with van der Waals surface area (Å²) in [5.41, 5.74) is 0. The summed E-state index contributed by atoms with van der Waals surface area (Å²) in [4.78, 5) is 37.9. The average Bonchev–Trinajstić information content (AvgIpc) is 3.29. The van der Waals surface area contributed by atoms with Crippen molar-refractivity contribution in [2.45, 2.75) is 316 Å². The van der Waals surface area contributed by atoms with Gasteiger partial charge >= 0.3 is 17.9 Å². The number of esters is 3. The number of carbonyl (C=O) groups excluding carboxylic acids is 3. The fraction of sp³-hybridized carbons (Fsp3) is 0.879. The lowest BCUT2D eigenvalue weighted by atomic mass is 10.0. The summed E-state index contributed by atoms with van der Waals surface area (Å²) < 4.78 is 16.8. The molecule has 0 saturated carbocycles. The van der Waals surface area contributed by atoms with Gasteiger partial charge < -0.3 is 14.2 Å². The maximum atomic E-state index is 12.8. The maximum Gasteiger partial charge on any atom is 0.306 e. The van der Waals surface area contributed by atoms with Crippen LogP contribution in [0.3, 0.4) is 0 Å². The predicted molar refractivity (Wildman–Crippen MR) is 275 cm³/mol. The van der Waals surface area contributed by atoms with Crippen LogP contribution in [0.25, 0.3) is 0 Å². The van der Waals surface area contributed by atoms with Crippen molar-refractivity contribution in [3.05, 3.63) is 24.3 Å². The van der Waals surface area contributed by atoms with Gasteiger partial charge in [0, 0.05) is 19.3 Å². The lowest BCUT2D eigenvalue weighted by Crippen LogP contribution is -2.30. The Morgan fingerprint density at radius 3 is 0.875 bits per heavy atom. The van der Waals surface area contributed by atoms with Crippen LogP contribution in [0.2, 0.25) is 0 Å². The Hall–Kier alpha value is -2.11. The van der Waals surface area contributed by atoms with Gasteiger partial charge in [-0.3, -0.25) is 14.4 Å². The highest BCUT2D eigenvalue weighted by Gasteiger charge is 2.19. The van der Waals surface area contributed by atoms with Crippen LogP contribution < -0.4 is 0 Å². The SMILES string of the molecule is CCCCCC/C=C\C/C=C\CCCCCCCC(=O)OC(COC(=O)CCCCCCCCC)COC(=O)CCCCCCCCCCCCCCCCCCCCCCCCC. The number of unbranched alkanes of at least 4 members (excludes halogenated alkanes) is 37. The molecule has 0 heterocycles. The van der Waals surface area contributed by atoms with Crippen LogP contribution in [-0.2, 0) is 28.6 Å². The molecule has 0 aromatic heterocycles. The smallest absolute Gasteiger partial charge is 0.306 e. The Bertz CT molecular complexity index is 1040. The molecule has 0 aromatic carbocycles. The molecule has 0 aliphatic carbocycles. The Labute approximate surface area is 398 Å². The van der Waals surface area contributed by atoms with Gasteiger partial charge in [0.25, 0.3) is 0 Å². The summed E-state index contributed by atoms with van der Waals surface area (Å²) in [6.07, 6.45) is 62.0. The van der Waals surface area contributed by atoms with Gasteiger partial charge in [-0.1, -0.05) is 263 Å². The molecule has 0 amide bonds. The third-order valence-electron chi connectivity index (χ3n) is 12.7. The number of allylic oxidation sites excluding steroid dienone is 4. The van der Waals surface area contributed by atoms with E-state index in [1.165, 1.54) is 193 Å². The molecule has 0 fully saturated rings. The molecule has 0 radical (unpaired) electrons. The summed E-state index contributed by atoms with van der Waals surface area (Å²) in [6.45, 7) is 6.61. The van der Waals surface area contributed by atoms with Crippen LogP contribution in [0.1, 0.15) is 310 Å². The molecule has 6 heteroatoms. The van der Waals surface area contributed by atoms with Gasteiger partial charge in [0.1, 0.15) is 13.2 Å². The van der Waals surface area contributed by atoms with Gasteiger partial charge in [-0.2, -0.15) is 0 Å². The van der Waals surface area contributed by atoms with Gasteiger partial charge in [-0.15, -0.1) is 0 Å². The molecule has 0 aliphatic rings. The van der Waals surface area contributed by atoms with Crippen molar-refractivity contribution >= 4 is 17.9 Å². The maximum absolute atomic E-state index is 12.8. The second-order valence-corrected chi connectivity index (χ2v) is 19.2. The van der Waals surface area contributed by atoms with Gasteiger partial charge in [0.05, 0.1) is 0 Å². The first kappa shape index (κ1) is 61.9. The van der Waals surface area contributed by atoms with Crippen molar-refractivity contribution in [3.63, 3.8) is 0 Å². The fourth-order valence-electron chi connectivity index (χ4n) is 8.42. The molecule has 1 unspecified atom stereocenters. The monoisotopic (exact) mass is 901 g/mol. The Kier molecular flexibility index (Phi) is 51.7. The molecule has 0 aromatic rings. The van der Waals surface area contributed by atoms with Crippen molar-refractivity contribution in [2.75, 3.05) is 13.2 Å². The van der Waals surface area contributed by atoms with Crippen LogP contribution in [0.15, 0.2) is 24.3 Å². The van der Waals surface area contributed by atoms with Crippen LogP contribution in [0.4, 0.5) is 0 Å². The molecule has 0 bridgehead atoms. The zero-order valence-corrected chi connectivity index (χ0v) is 43.1. The topological polar surface area (TPSA) is 78.9 Å². The van der Waals surface area contributed by atoms with Crippen molar-refractivity contribution in [2.24, 2.45) is 0 Å². The molecular weight excluding hydrogens is 793 g/mol. The normalized spacial score (nSPS) is 12.1. The van der Waals surface area contributed by atoms with E-state index < -0.39 is 6.10 Å². The van der Waals surface area contributed by atoms with Gasteiger partial charge in [-0.25, -0.2) is 0 Å². The quantitative estimate of drug-likeness (QED) is 0.0262. The van der Waals surface area contributed by atoms with Crippen LogP contribution in [0.5, 0.6) is 0 Å². The minimum Gasteiger partial charge on any atom is -0.462 e. The van der Waals surface area contributed by atoms with Gasteiger partial charge in [0.15, 0.2) is 6.10 Å². The predicted octanol–water partition coefficient (Wildman–Crippen LogP) is 18.7. The number of hydrogen-bond acceptors (Lipinski definition) is 6. The average molecular weight is 901 g/mol. The van der Waals surface area contributed by atoms with E-state index in [0.29, 0.717) is 19.3 Å². The minimum atomic E-state index is -0.772. The molecule has 0 spiro atoms. The fourth-order valence-corrected chi connectivity index (χ4v) is 8.42.